The van der Waals surface area contributed by atoms with Crippen LogP contribution in [0.25, 0.3) is 22.8 Å². The summed E-state index contributed by atoms with van der Waals surface area (Å²) in [6.07, 6.45) is 9.39. The molecule has 0 saturated heterocycles. The van der Waals surface area contributed by atoms with Crippen LogP contribution in [0.2, 0.25) is 0 Å². The molecule has 0 nitrogen and oxygen atoms in total. The zero-order valence-electron chi connectivity index (χ0n) is 20.7. The van der Waals surface area contributed by atoms with Crippen LogP contribution in [0.5, 0.6) is 0 Å². The third kappa shape index (κ3) is 4.48. The average molecular weight is 564 g/mol. The largest absolute Gasteiger partial charge is 3.00 e. The Hall–Kier alpha value is -1.66. The van der Waals surface area contributed by atoms with E-state index in [0.717, 1.165) is 6.42 Å². The number of aryl methyl sites for hydroxylation is 1. The number of hydrogen-bond donors (Lipinski definition) is 0. The molecule has 0 bridgehead atoms. The van der Waals surface area contributed by atoms with Crippen LogP contribution in [0.4, 0.5) is 0 Å². The van der Waals surface area contributed by atoms with E-state index in [9.17, 15) is 0 Å². The summed E-state index contributed by atoms with van der Waals surface area (Å²) in [4.78, 5) is 0. The van der Waals surface area contributed by atoms with Crippen LogP contribution in [0, 0.1) is 38.1 Å². The SMILES string of the molecule is CC(C)=c1ccc2c(c1C1=C(c3cc(C)c(C)c(C)c3C)C=CC1)[C-]=c1ccccc1=2.[Cl-].[Cl-].[Zr+3]. The molecular formula is C31H29Cl2Zr. The first-order valence-electron chi connectivity index (χ1n) is 11.2. The Morgan fingerprint density at radius 3 is 2.24 bits per heavy atom. The van der Waals surface area contributed by atoms with Gasteiger partial charge in [0, 0.05) is 0 Å². The monoisotopic (exact) mass is 561 g/mol. The van der Waals surface area contributed by atoms with Crippen molar-refractivity contribution in [1.29, 1.82) is 0 Å². The van der Waals surface area contributed by atoms with Crippen LogP contribution in [-0.2, 0) is 26.2 Å². The summed E-state index contributed by atoms with van der Waals surface area (Å²) in [6.45, 7) is 13.4. The molecule has 34 heavy (non-hydrogen) atoms. The van der Waals surface area contributed by atoms with Gasteiger partial charge in [-0.1, -0.05) is 70.5 Å². The van der Waals surface area contributed by atoms with E-state index in [4.69, 9.17) is 0 Å². The van der Waals surface area contributed by atoms with E-state index in [2.05, 4.69) is 102 Å². The molecule has 2 aliphatic carbocycles. The second-order valence-corrected chi connectivity index (χ2v) is 9.20. The van der Waals surface area contributed by atoms with E-state index in [-0.39, 0.29) is 51.0 Å². The summed E-state index contributed by atoms with van der Waals surface area (Å²) in [6, 6.07) is 15.6. The van der Waals surface area contributed by atoms with Crippen molar-refractivity contribution in [1.82, 2.24) is 0 Å². The molecule has 0 atom stereocenters. The summed E-state index contributed by atoms with van der Waals surface area (Å²) in [7, 11) is 0. The van der Waals surface area contributed by atoms with Crippen molar-refractivity contribution < 1.29 is 51.0 Å². The van der Waals surface area contributed by atoms with E-state index in [1.807, 2.05) is 0 Å². The molecule has 0 spiro atoms. The maximum absolute atomic E-state index is 3.76. The van der Waals surface area contributed by atoms with Crippen molar-refractivity contribution >= 4 is 22.8 Å². The molecule has 3 heteroatoms. The fourth-order valence-corrected chi connectivity index (χ4v) is 5.13. The zero-order chi connectivity index (χ0) is 21.9. The third-order valence-corrected chi connectivity index (χ3v) is 7.23. The molecule has 0 heterocycles. The molecule has 171 valence electrons. The van der Waals surface area contributed by atoms with Crippen molar-refractivity contribution in [3.63, 3.8) is 0 Å². The second-order valence-electron chi connectivity index (χ2n) is 9.20. The average Bonchev–Trinajstić information content (AvgIpc) is 3.38. The van der Waals surface area contributed by atoms with Crippen molar-refractivity contribution in [2.24, 2.45) is 0 Å². The van der Waals surface area contributed by atoms with Crippen molar-refractivity contribution in [2.45, 2.75) is 48.0 Å². The standard InChI is InChI=1S/C31H29.2ClH.Zr/c1-18(2)24-14-15-27-25-11-8-7-10-23(25)17-30(27)31(24)28-13-9-12-26(28)29-16-19(3)20(4)21(5)22(29)6;;;/h7-12,14-16H,13H2,1-6H3;2*1H;/q-1;;;+3/p-2. The van der Waals surface area contributed by atoms with Gasteiger partial charge in [-0.3, -0.25) is 0 Å². The number of benzene rings is 3. The minimum absolute atomic E-state index is 0. The van der Waals surface area contributed by atoms with Crippen LogP contribution in [0.3, 0.4) is 0 Å². The number of rotatable bonds is 2. The fraction of sp³-hybridized carbons (Fsp3) is 0.226. The van der Waals surface area contributed by atoms with Gasteiger partial charge in [-0.2, -0.15) is 0 Å². The molecule has 3 aromatic carbocycles. The second kappa shape index (κ2) is 10.9. The first kappa shape index (κ1) is 28.6. The third-order valence-electron chi connectivity index (χ3n) is 7.23. The number of halogens is 2. The minimum Gasteiger partial charge on any atom is -1.00 e. The first-order chi connectivity index (χ1) is 14.9. The van der Waals surface area contributed by atoms with Gasteiger partial charge in [0.2, 0.25) is 0 Å². The Bertz CT molecular complexity index is 1550. The minimum atomic E-state index is 0. The Labute approximate surface area is 234 Å². The van der Waals surface area contributed by atoms with Gasteiger partial charge in [-0.25, -0.2) is 0 Å². The predicted molar refractivity (Wildman–Crippen MR) is 133 cm³/mol. The van der Waals surface area contributed by atoms with E-state index in [1.54, 1.807) is 0 Å². The normalized spacial score (nSPS) is 12.8. The maximum Gasteiger partial charge on any atom is 3.00 e. The molecule has 0 saturated carbocycles. The predicted octanol–water partition coefficient (Wildman–Crippen LogP) is 0.293. The van der Waals surface area contributed by atoms with Gasteiger partial charge in [0.1, 0.15) is 0 Å². The molecule has 1 radical (unpaired) electrons. The van der Waals surface area contributed by atoms with Gasteiger partial charge in [0.15, 0.2) is 0 Å². The molecule has 0 aliphatic heterocycles. The Balaban J connectivity index is 0.00000136. The van der Waals surface area contributed by atoms with Gasteiger partial charge in [0.25, 0.3) is 0 Å². The molecule has 0 amide bonds. The Morgan fingerprint density at radius 1 is 0.824 bits per heavy atom. The molecule has 2 aliphatic rings. The van der Waals surface area contributed by atoms with Gasteiger partial charge in [0.05, 0.1) is 0 Å². The summed E-state index contributed by atoms with van der Waals surface area (Å²) in [5.41, 5.74) is 13.7. The summed E-state index contributed by atoms with van der Waals surface area (Å²) >= 11 is 0. The summed E-state index contributed by atoms with van der Waals surface area (Å²) < 4.78 is 0. The zero-order valence-corrected chi connectivity index (χ0v) is 24.6. The van der Waals surface area contributed by atoms with Crippen LogP contribution < -0.4 is 35.3 Å². The van der Waals surface area contributed by atoms with E-state index in [1.165, 1.54) is 76.5 Å². The molecule has 5 rings (SSSR count). The smallest absolute Gasteiger partial charge is 1.00 e. The first-order valence-corrected chi connectivity index (χ1v) is 11.2. The summed E-state index contributed by atoms with van der Waals surface area (Å²) in [5, 5.41) is 5.15. The molecule has 0 N–H and O–H groups in total. The van der Waals surface area contributed by atoms with Crippen molar-refractivity contribution in [2.75, 3.05) is 0 Å². The van der Waals surface area contributed by atoms with Crippen LogP contribution in [0.1, 0.15) is 59.2 Å². The topological polar surface area (TPSA) is 0 Å². The Kier molecular flexibility index (Phi) is 9.20. The fourth-order valence-electron chi connectivity index (χ4n) is 5.13. The van der Waals surface area contributed by atoms with Crippen LogP contribution >= 0.6 is 0 Å². The molecular weight excluding hydrogens is 534 g/mol. The van der Waals surface area contributed by atoms with Gasteiger partial charge < -0.3 is 24.8 Å². The van der Waals surface area contributed by atoms with Gasteiger partial charge in [-0.15, -0.1) is 33.4 Å². The molecule has 0 unspecified atom stereocenters. The van der Waals surface area contributed by atoms with Gasteiger partial charge in [-0.05, 0) is 81.4 Å². The summed E-state index contributed by atoms with van der Waals surface area (Å²) in [5.74, 6) is 0. The van der Waals surface area contributed by atoms with Crippen LogP contribution in [-0.4, -0.2) is 0 Å². The molecule has 0 aromatic heterocycles. The van der Waals surface area contributed by atoms with Crippen LogP contribution in [0.15, 0.2) is 54.6 Å². The van der Waals surface area contributed by atoms with E-state index >= 15 is 0 Å². The van der Waals surface area contributed by atoms with Crippen molar-refractivity contribution in [3.8, 4) is 0 Å². The van der Waals surface area contributed by atoms with Gasteiger partial charge >= 0.3 is 26.2 Å². The maximum atomic E-state index is 3.76. The number of hydrogen-bond acceptors (Lipinski definition) is 0. The quantitative estimate of drug-likeness (QED) is 0.308. The van der Waals surface area contributed by atoms with E-state index in [0.29, 0.717) is 0 Å². The van der Waals surface area contributed by atoms with Crippen molar-refractivity contribution in [3.05, 3.63) is 114 Å². The number of fused-ring (bicyclic) bond motifs is 2. The number of allylic oxidation sites excluding steroid dienone is 4. The molecule has 3 aromatic rings. The van der Waals surface area contributed by atoms with E-state index < -0.39 is 0 Å². The Morgan fingerprint density at radius 2 is 1.53 bits per heavy atom. The molecule has 0 fully saturated rings.